The van der Waals surface area contributed by atoms with Crippen LogP contribution >= 0.6 is 0 Å². The Labute approximate surface area is 362 Å². The molecule has 2 aliphatic heterocycles. The molecule has 0 fully saturated rings. The number of hydrogen-bond donors (Lipinski definition) is 15. The number of aromatic hydroxyl groups is 15. The van der Waals surface area contributed by atoms with Gasteiger partial charge in [-0.05, 0) is 48.0 Å². The maximum Gasteiger partial charge on any atom is 0.338 e. The van der Waals surface area contributed by atoms with E-state index < -0.39 is 158 Å². The molecule has 2 aliphatic rings. The lowest BCUT2D eigenvalue weighted by atomic mass is 9.83. The number of phenols is 15. The Bertz CT molecular complexity index is 2930. The van der Waals surface area contributed by atoms with Crippen LogP contribution in [-0.4, -0.2) is 101 Å². The van der Waals surface area contributed by atoms with Gasteiger partial charge in [0.25, 0.3) is 0 Å². The summed E-state index contributed by atoms with van der Waals surface area (Å²) < 4.78 is 24.0. The van der Waals surface area contributed by atoms with Gasteiger partial charge in [0.15, 0.2) is 69.7 Å². The number of fused-ring (bicyclic) bond motifs is 2. The highest BCUT2D eigenvalue weighted by molar-refractivity contribution is 5.92. The SMILES string of the molecule is O=C(O[C@@H]1Cc2c(O)cc(O)cc2O[C@@H]1c1cc(O)c(O)cc1-c1c([C@@H]2Oc3cc(O)cc(O)c3C[C@H]2OC(=O)c2cc(O)c(O)c(O)c2)cc(O)c(O)c1O)c1cc(O)c(O)c(O)c1. The van der Waals surface area contributed by atoms with E-state index in [1.54, 1.807) is 0 Å². The van der Waals surface area contributed by atoms with Crippen LogP contribution in [0.4, 0.5) is 0 Å². The van der Waals surface area contributed by atoms with E-state index in [1.807, 2.05) is 0 Å². The molecule has 0 spiro atoms. The zero-order valence-electron chi connectivity index (χ0n) is 32.7. The second-order valence-corrected chi connectivity index (χ2v) is 15.0. The van der Waals surface area contributed by atoms with Gasteiger partial charge in [0, 0.05) is 64.9 Å². The summed E-state index contributed by atoms with van der Waals surface area (Å²) in [6.07, 6.45) is -7.62. The quantitative estimate of drug-likeness (QED) is 0.0759. The van der Waals surface area contributed by atoms with Crippen LogP contribution in [0.15, 0.2) is 66.7 Å². The molecular formula is C44H34O21. The van der Waals surface area contributed by atoms with Gasteiger partial charge in [-0.2, -0.15) is 0 Å². The Balaban J connectivity index is 1.32. The number of ether oxygens (including phenoxy) is 4. The summed E-state index contributed by atoms with van der Waals surface area (Å²) in [4.78, 5) is 27.3. The van der Waals surface area contributed by atoms with Crippen molar-refractivity contribution in [1.29, 1.82) is 0 Å². The number of benzene rings is 6. The fourth-order valence-corrected chi connectivity index (χ4v) is 7.70. The molecule has 0 saturated carbocycles. The monoisotopic (exact) mass is 898 g/mol. The van der Waals surface area contributed by atoms with Gasteiger partial charge in [-0.15, -0.1) is 0 Å². The smallest absolute Gasteiger partial charge is 0.338 e. The van der Waals surface area contributed by atoms with Gasteiger partial charge < -0.3 is 95.5 Å². The molecule has 0 aliphatic carbocycles. The third-order valence-corrected chi connectivity index (χ3v) is 10.8. The number of esters is 2. The van der Waals surface area contributed by atoms with Crippen molar-refractivity contribution in [2.75, 3.05) is 0 Å². The maximum atomic E-state index is 13.7. The van der Waals surface area contributed by atoms with E-state index in [-0.39, 0.29) is 33.8 Å². The fourth-order valence-electron chi connectivity index (χ4n) is 7.70. The molecule has 0 radical (unpaired) electrons. The minimum absolute atomic E-state index is 0.0238. The number of rotatable bonds is 7. The number of carbonyl (C=O) groups is 2. The molecule has 4 atom stereocenters. The summed E-state index contributed by atoms with van der Waals surface area (Å²) in [5, 5.41) is 158. The highest BCUT2D eigenvalue weighted by Crippen LogP contribution is 2.55. The zero-order valence-corrected chi connectivity index (χ0v) is 32.7. The van der Waals surface area contributed by atoms with Crippen LogP contribution in [0.2, 0.25) is 0 Å². The molecule has 21 heteroatoms. The van der Waals surface area contributed by atoms with Crippen molar-refractivity contribution in [1.82, 2.24) is 0 Å². The van der Waals surface area contributed by atoms with Crippen molar-refractivity contribution < 1.29 is 105 Å². The van der Waals surface area contributed by atoms with Gasteiger partial charge in [-0.3, -0.25) is 0 Å². The van der Waals surface area contributed by atoms with Crippen LogP contribution in [0.5, 0.6) is 97.7 Å². The summed E-state index contributed by atoms with van der Waals surface area (Å²) in [7, 11) is 0. The summed E-state index contributed by atoms with van der Waals surface area (Å²) >= 11 is 0. The first-order chi connectivity index (χ1) is 30.7. The Morgan fingerprint density at radius 3 is 1.25 bits per heavy atom. The van der Waals surface area contributed by atoms with E-state index in [0.29, 0.717) is 0 Å². The Morgan fingerprint density at radius 1 is 0.415 bits per heavy atom. The van der Waals surface area contributed by atoms with Crippen molar-refractivity contribution in [3.8, 4) is 109 Å². The first-order valence-corrected chi connectivity index (χ1v) is 18.9. The van der Waals surface area contributed by atoms with E-state index >= 15 is 0 Å². The van der Waals surface area contributed by atoms with Gasteiger partial charge in [-0.1, -0.05) is 0 Å². The Kier molecular flexibility index (Phi) is 10.2. The van der Waals surface area contributed by atoms with Crippen LogP contribution in [0, 0.1) is 0 Å². The highest BCUT2D eigenvalue weighted by Gasteiger charge is 2.43. The first kappa shape index (κ1) is 42.5. The molecule has 8 rings (SSSR count). The van der Waals surface area contributed by atoms with Crippen LogP contribution in [0.25, 0.3) is 11.1 Å². The molecule has 0 amide bonds. The average Bonchev–Trinajstić information content (AvgIpc) is 3.24. The van der Waals surface area contributed by atoms with Crippen molar-refractivity contribution in [3.05, 3.63) is 100 Å². The van der Waals surface area contributed by atoms with Crippen LogP contribution < -0.4 is 9.47 Å². The summed E-state index contributed by atoms with van der Waals surface area (Å²) in [5.74, 6) is -15.6. The van der Waals surface area contributed by atoms with E-state index in [4.69, 9.17) is 18.9 Å². The van der Waals surface area contributed by atoms with Gasteiger partial charge in [0.1, 0.15) is 46.7 Å². The molecule has 65 heavy (non-hydrogen) atoms. The Hall–Kier alpha value is -9.14. The van der Waals surface area contributed by atoms with Crippen molar-refractivity contribution in [2.24, 2.45) is 0 Å². The van der Waals surface area contributed by atoms with Crippen molar-refractivity contribution in [3.63, 3.8) is 0 Å². The molecule has 336 valence electrons. The van der Waals surface area contributed by atoms with Crippen molar-refractivity contribution in [2.45, 2.75) is 37.3 Å². The second-order valence-electron chi connectivity index (χ2n) is 15.0. The van der Waals surface area contributed by atoms with E-state index in [2.05, 4.69) is 0 Å². The van der Waals surface area contributed by atoms with Crippen molar-refractivity contribution >= 4 is 11.9 Å². The van der Waals surface area contributed by atoms with Gasteiger partial charge in [0.05, 0.1) is 11.1 Å². The van der Waals surface area contributed by atoms with Gasteiger partial charge >= 0.3 is 11.9 Å². The molecule has 21 nitrogen and oxygen atoms in total. The van der Waals surface area contributed by atoms with Crippen LogP contribution in [0.1, 0.15) is 55.2 Å². The Morgan fingerprint density at radius 2 is 0.800 bits per heavy atom. The molecule has 0 unspecified atom stereocenters. The topological polar surface area (TPSA) is 375 Å². The molecule has 0 bridgehead atoms. The minimum Gasteiger partial charge on any atom is -0.508 e. The van der Waals surface area contributed by atoms with E-state index in [0.717, 1.165) is 66.7 Å². The lowest BCUT2D eigenvalue weighted by molar-refractivity contribution is -0.0196. The average molecular weight is 899 g/mol. The standard InChI is InChI=1S/C44H34O21/c45-16-5-23(47)20-12-34(64-43(60)14-1-27(51)37(56)28(52)2-14)41(62-32(20)7-16)19-10-26(50)25(49)9-18(19)36-22(11-31(55)39(58)40(36)59)42-35(13-21-24(48)6-17(46)8-33(21)63-42)65-44(61)15-3-29(53)38(57)30(54)4-15/h1-11,34-35,41-42,45-59H,12-13H2/t34-,35-,41-,42+/m1/s1. The summed E-state index contributed by atoms with van der Waals surface area (Å²) in [6.45, 7) is 0. The molecule has 2 heterocycles. The molecular weight excluding hydrogens is 864 g/mol. The predicted octanol–water partition coefficient (Wildman–Crippen LogP) is 4.74. The van der Waals surface area contributed by atoms with E-state index in [9.17, 15) is 86.2 Å². The first-order valence-electron chi connectivity index (χ1n) is 18.9. The van der Waals surface area contributed by atoms with Gasteiger partial charge in [-0.25, -0.2) is 9.59 Å². The predicted molar refractivity (Wildman–Crippen MR) is 215 cm³/mol. The second kappa shape index (κ2) is 15.6. The lowest BCUT2D eigenvalue weighted by Crippen LogP contribution is -2.36. The van der Waals surface area contributed by atoms with Gasteiger partial charge in [0.2, 0.25) is 5.75 Å². The lowest BCUT2D eigenvalue weighted by Gasteiger charge is -2.36. The largest absolute Gasteiger partial charge is 0.508 e. The molecule has 15 N–H and O–H groups in total. The maximum absolute atomic E-state index is 13.7. The van der Waals surface area contributed by atoms with E-state index in [1.165, 1.54) is 0 Å². The fraction of sp³-hybridized carbons (Fsp3) is 0.136. The third kappa shape index (κ3) is 7.51. The number of phenolic OH excluding ortho intramolecular Hbond substituents is 15. The van der Waals surface area contributed by atoms with Crippen LogP contribution in [-0.2, 0) is 22.3 Å². The normalized spacial score (nSPS) is 17.5. The molecule has 0 aromatic heterocycles. The zero-order chi connectivity index (χ0) is 46.9. The summed E-state index contributed by atoms with van der Waals surface area (Å²) in [5.41, 5.74) is -2.72. The summed E-state index contributed by atoms with van der Waals surface area (Å²) in [6, 6.07) is 9.69. The third-order valence-electron chi connectivity index (χ3n) is 10.8. The number of hydrogen-bond acceptors (Lipinski definition) is 21. The highest BCUT2D eigenvalue weighted by atomic mass is 16.6. The number of carbonyl (C=O) groups excluding carboxylic acids is 2. The van der Waals surface area contributed by atoms with Crippen LogP contribution in [0.3, 0.4) is 0 Å². The molecule has 0 saturated heterocycles. The molecule has 6 aromatic rings. The minimum atomic E-state index is -1.76. The molecule has 6 aromatic carbocycles.